The van der Waals surface area contributed by atoms with Gasteiger partial charge in [-0.25, -0.2) is 0 Å². The molecular weight excluding hydrogens is 192 g/mol. The van der Waals surface area contributed by atoms with Crippen LogP contribution in [0.25, 0.3) is 17.2 Å². The van der Waals surface area contributed by atoms with Gasteiger partial charge < -0.3 is 0 Å². The highest BCUT2D eigenvalue weighted by Gasteiger charge is 2.16. The molecule has 0 heterocycles. The van der Waals surface area contributed by atoms with Crippen molar-refractivity contribution in [2.75, 3.05) is 0 Å². The van der Waals surface area contributed by atoms with Crippen LogP contribution < -0.4 is 0 Å². The third-order valence-corrected chi connectivity index (χ3v) is 3.35. The minimum absolute atomic E-state index is 1.15. The maximum Gasteiger partial charge on any atom is -0.00767 e. The lowest BCUT2D eigenvalue weighted by Crippen LogP contribution is -2.04. The van der Waals surface area contributed by atoms with Crippen LogP contribution in [-0.4, -0.2) is 0 Å². The molecule has 78 valence electrons. The third kappa shape index (κ3) is 1.30. The lowest BCUT2D eigenvalue weighted by molar-refractivity contribution is 0.941. The second kappa shape index (κ2) is 3.64. The number of benzene rings is 2. The van der Waals surface area contributed by atoms with Crippen LogP contribution in [0.5, 0.6) is 0 Å². The van der Waals surface area contributed by atoms with E-state index in [4.69, 9.17) is 0 Å². The molecule has 0 unspecified atom stereocenters. The zero-order valence-corrected chi connectivity index (χ0v) is 9.24. The van der Waals surface area contributed by atoms with Crippen LogP contribution in [0.3, 0.4) is 0 Å². The highest BCUT2D eigenvalue weighted by atomic mass is 14.2. The molecule has 1 aliphatic rings. The van der Waals surface area contributed by atoms with Crippen molar-refractivity contribution in [1.82, 2.24) is 0 Å². The van der Waals surface area contributed by atoms with Crippen molar-refractivity contribution in [3.8, 4) is 11.1 Å². The molecule has 0 fully saturated rings. The van der Waals surface area contributed by atoms with Crippen LogP contribution in [0.4, 0.5) is 0 Å². The molecule has 0 saturated carbocycles. The molecular formula is C16H14. The quantitative estimate of drug-likeness (QED) is 0.659. The molecule has 0 nitrogen and oxygen atoms in total. The van der Waals surface area contributed by atoms with E-state index in [0.29, 0.717) is 0 Å². The summed E-state index contributed by atoms with van der Waals surface area (Å²) in [6.45, 7) is 3.91. The molecule has 0 aliphatic heterocycles. The van der Waals surface area contributed by atoms with E-state index in [1.807, 2.05) is 6.08 Å². The van der Waals surface area contributed by atoms with Gasteiger partial charge in [0.1, 0.15) is 0 Å². The Labute approximate surface area is 96.3 Å². The molecule has 0 bridgehead atoms. The van der Waals surface area contributed by atoms with Crippen molar-refractivity contribution in [2.24, 2.45) is 0 Å². The van der Waals surface area contributed by atoms with Crippen molar-refractivity contribution >= 4 is 6.08 Å². The first-order valence-corrected chi connectivity index (χ1v) is 5.73. The van der Waals surface area contributed by atoms with Gasteiger partial charge in [-0.15, -0.1) is 0 Å². The summed E-state index contributed by atoms with van der Waals surface area (Å²) in [7, 11) is 0. The predicted molar refractivity (Wildman–Crippen MR) is 69.4 cm³/mol. The van der Waals surface area contributed by atoms with E-state index in [0.717, 1.165) is 12.8 Å². The lowest BCUT2D eigenvalue weighted by Gasteiger charge is -2.21. The average Bonchev–Trinajstić information content (AvgIpc) is 2.37. The third-order valence-electron chi connectivity index (χ3n) is 3.35. The summed E-state index contributed by atoms with van der Waals surface area (Å²) in [5.41, 5.74) is 6.95. The van der Waals surface area contributed by atoms with Crippen LogP contribution >= 0.6 is 0 Å². The van der Waals surface area contributed by atoms with E-state index >= 15 is 0 Å². The standard InChI is InChI=1S/C16H14/c1-2-12-7-5-8-14-11-10-13-6-3-4-9-15(13)16(12)14/h2-9H,1,10-11H2. The Morgan fingerprint density at radius 3 is 2.50 bits per heavy atom. The zero-order chi connectivity index (χ0) is 11.0. The summed E-state index contributed by atoms with van der Waals surface area (Å²) >= 11 is 0. The van der Waals surface area contributed by atoms with Gasteiger partial charge in [-0.3, -0.25) is 0 Å². The van der Waals surface area contributed by atoms with Gasteiger partial charge in [-0.05, 0) is 40.7 Å². The smallest absolute Gasteiger partial charge is 0.00767 e. The Morgan fingerprint density at radius 2 is 1.62 bits per heavy atom. The van der Waals surface area contributed by atoms with Crippen LogP contribution in [-0.2, 0) is 12.8 Å². The van der Waals surface area contributed by atoms with E-state index in [2.05, 4.69) is 49.0 Å². The first kappa shape index (κ1) is 9.41. The fourth-order valence-electron chi connectivity index (χ4n) is 2.58. The van der Waals surface area contributed by atoms with Gasteiger partial charge in [0.25, 0.3) is 0 Å². The fraction of sp³-hybridized carbons (Fsp3) is 0.125. The molecule has 0 amide bonds. The molecule has 1 aliphatic carbocycles. The summed E-state index contributed by atoms with van der Waals surface area (Å²) in [5, 5.41) is 0. The van der Waals surface area contributed by atoms with Gasteiger partial charge in [0.05, 0.1) is 0 Å². The van der Waals surface area contributed by atoms with E-state index in [1.54, 1.807) is 0 Å². The maximum atomic E-state index is 3.91. The second-order valence-corrected chi connectivity index (χ2v) is 4.24. The Hall–Kier alpha value is -1.82. The van der Waals surface area contributed by atoms with Gasteiger partial charge in [0.15, 0.2) is 0 Å². The Balaban J connectivity index is 2.34. The van der Waals surface area contributed by atoms with Crippen LogP contribution in [0.2, 0.25) is 0 Å². The van der Waals surface area contributed by atoms with E-state index < -0.39 is 0 Å². The number of aryl methyl sites for hydroxylation is 2. The summed E-state index contributed by atoms with van der Waals surface area (Å²) < 4.78 is 0. The summed E-state index contributed by atoms with van der Waals surface area (Å²) in [5.74, 6) is 0. The highest BCUT2D eigenvalue weighted by Crippen LogP contribution is 2.36. The minimum atomic E-state index is 1.15. The molecule has 0 atom stereocenters. The predicted octanol–water partition coefficient (Wildman–Crippen LogP) is 4.10. The van der Waals surface area contributed by atoms with Crippen molar-refractivity contribution < 1.29 is 0 Å². The first-order chi connectivity index (χ1) is 7.90. The first-order valence-electron chi connectivity index (χ1n) is 5.73. The van der Waals surface area contributed by atoms with Crippen molar-refractivity contribution in [1.29, 1.82) is 0 Å². The largest absolute Gasteiger partial charge is 0.0984 e. The van der Waals surface area contributed by atoms with Gasteiger partial charge in [-0.1, -0.05) is 55.1 Å². The molecule has 3 rings (SSSR count). The van der Waals surface area contributed by atoms with Crippen molar-refractivity contribution in [3.63, 3.8) is 0 Å². The van der Waals surface area contributed by atoms with Crippen molar-refractivity contribution in [3.05, 3.63) is 65.7 Å². The molecule has 0 N–H and O–H groups in total. The molecule has 2 aromatic carbocycles. The van der Waals surface area contributed by atoms with E-state index in [1.165, 1.54) is 27.8 Å². The molecule has 2 aromatic rings. The normalized spacial score (nSPS) is 12.8. The number of hydrogen-bond acceptors (Lipinski definition) is 0. The molecule has 16 heavy (non-hydrogen) atoms. The van der Waals surface area contributed by atoms with Crippen molar-refractivity contribution in [2.45, 2.75) is 12.8 Å². The Kier molecular flexibility index (Phi) is 2.14. The molecule has 0 radical (unpaired) electrons. The van der Waals surface area contributed by atoms with Crippen LogP contribution in [0.1, 0.15) is 16.7 Å². The Bertz CT molecular complexity index is 550. The van der Waals surface area contributed by atoms with E-state index in [-0.39, 0.29) is 0 Å². The van der Waals surface area contributed by atoms with Crippen LogP contribution in [0, 0.1) is 0 Å². The zero-order valence-electron chi connectivity index (χ0n) is 9.24. The van der Waals surface area contributed by atoms with Gasteiger partial charge in [-0.2, -0.15) is 0 Å². The second-order valence-electron chi connectivity index (χ2n) is 4.24. The van der Waals surface area contributed by atoms with Gasteiger partial charge in [0.2, 0.25) is 0 Å². The summed E-state index contributed by atoms with van der Waals surface area (Å²) in [6, 6.07) is 15.2. The minimum Gasteiger partial charge on any atom is -0.0984 e. The monoisotopic (exact) mass is 206 g/mol. The summed E-state index contributed by atoms with van der Waals surface area (Å²) in [6.07, 6.45) is 4.26. The molecule has 0 spiro atoms. The topological polar surface area (TPSA) is 0 Å². The van der Waals surface area contributed by atoms with E-state index in [9.17, 15) is 0 Å². The van der Waals surface area contributed by atoms with Gasteiger partial charge >= 0.3 is 0 Å². The number of hydrogen-bond donors (Lipinski definition) is 0. The highest BCUT2D eigenvalue weighted by molar-refractivity contribution is 5.81. The molecule has 0 aromatic heterocycles. The Morgan fingerprint density at radius 1 is 0.875 bits per heavy atom. The summed E-state index contributed by atoms with van der Waals surface area (Å²) in [4.78, 5) is 0. The number of rotatable bonds is 1. The molecule has 0 saturated heterocycles. The number of fused-ring (bicyclic) bond motifs is 3. The van der Waals surface area contributed by atoms with Crippen LogP contribution in [0.15, 0.2) is 49.0 Å². The SMILES string of the molecule is C=Cc1cccc2c1-c1ccccc1CC2. The average molecular weight is 206 g/mol. The lowest BCUT2D eigenvalue weighted by atomic mass is 9.83. The van der Waals surface area contributed by atoms with Gasteiger partial charge in [0, 0.05) is 0 Å². The molecule has 0 heteroatoms. The fourth-order valence-corrected chi connectivity index (χ4v) is 2.58. The maximum absolute atomic E-state index is 3.91.